The van der Waals surface area contributed by atoms with E-state index in [4.69, 9.17) is 14.6 Å². The molecule has 1 aromatic carbocycles. The van der Waals surface area contributed by atoms with E-state index in [0.29, 0.717) is 32.2 Å². The smallest absolute Gasteiger partial charge is 0.309 e. The van der Waals surface area contributed by atoms with Crippen LogP contribution in [0.25, 0.3) is 0 Å². The Balaban J connectivity index is 2.42. The van der Waals surface area contributed by atoms with Crippen molar-refractivity contribution in [3.63, 3.8) is 0 Å². The van der Waals surface area contributed by atoms with E-state index in [0.717, 1.165) is 5.56 Å². The zero-order chi connectivity index (χ0) is 25.0. The van der Waals surface area contributed by atoms with E-state index in [9.17, 15) is 14.4 Å². The van der Waals surface area contributed by atoms with Crippen molar-refractivity contribution in [3.8, 4) is 0 Å². The lowest BCUT2D eigenvalue weighted by Gasteiger charge is -2.17. The van der Waals surface area contributed by atoms with E-state index < -0.39 is 5.92 Å². The third-order valence-electron chi connectivity index (χ3n) is 5.08. The van der Waals surface area contributed by atoms with Gasteiger partial charge in [0, 0.05) is 13.0 Å². The average molecular weight is 475 g/mol. The molecule has 8 nitrogen and oxygen atoms in total. The van der Waals surface area contributed by atoms with Gasteiger partial charge in [0.1, 0.15) is 6.61 Å². The van der Waals surface area contributed by atoms with Crippen LogP contribution in [-0.2, 0) is 30.3 Å². The normalized spacial score (nSPS) is 12.3. The molecule has 0 aliphatic heterocycles. The predicted octanol–water partition coefficient (Wildman–Crippen LogP) is 2.18. The van der Waals surface area contributed by atoms with Crippen LogP contribution >= 0.6 is 0 Å². The number of hydrogen-bond donors (Lipinski definition) is 3. The highest BCUT2D eigenvalue weighted by Crippen LogP contribution is 2.16. The summed E-state index contributed by atoms with van der Waals surface area (Å²) in [7, 11) is 0. The first-order valence-electron chi connectivity index (χ1n) is 11.7. The molecule has 1 rings (SSSR count). The lowest BCUT2D eigenvalue weighted by atomic mass is 9.95. The maximum absolute atomic E-state index is 12.6. The molecule has 0 radical (unpaired) electrons. The van der Waals surface area contributed by atoms with E-state index in [1.807, 2.05) is 30.3 Å². The van der Waals surface area contributed by atoms with Gasteiger partial charge in [0.25, 0.3) is 0 Å². The lowest BCUT2D eigenvalue weighted by Crippen LogP contribution is -2.37. The minimum absolute atomic E-state index is 0.0122. The Labute approximate surface area is 202 Å². The van der Waals surface area contributed by atoms with Gasteiger partial charge in [0.05, 0.1) is 38.2 Å². The van der Waals surface area contributed by atoms with Crippen LogP contribution in [0.15, 0.2) is 55.6 Å². The van der Waals surface area contributed by atoms with Gasteiger partial charge in [-0.3, -0.25) is 14.4 Å². The Bertz CT molecular complexity index is 753. The zero-order valence-corrected chi connectivity index (χ0v) is 19.9. The highest BCUT2D eigenvalue weighted by Gasteiger charge is 2.22. The minimum atomic E-state index is -0.565. The number of nitrogens with one attached hydrogen (secondary N) is 2. The Kier molecular flexibility index (Phi) is 15.8. The summed E-state index contributed by atoms with van der Waals surface area (Å²) < 4.78 is 10.5. The molecule has 0 saturated carbocycles. The molecular formula is C26H38N2O6. The molecule has 2 amide bonds. The first-order valence-corrected chi connectivity index (χ1v) is 11.7. The minimum Gasteiger partial charge on any atom is -0.464 e. The molecule has 1 aromatic rings. The number of esters is 1. The second-order valence-corrected chi connectivity index (χ2v) is 7.82. The van der Waals surface area contributed by atoms with Gasteiger partial charge in [-0.2, -0.15) is 0 Å². The standard InChI is InChI=1S/C26H38N2O6/c1-3-5-12-23(19-21-10-7-6-8-11-21)26(32)34-17-14-28-25(31)22(9-4-2)20-24(30)27-13-16-33-18-15-29/h3-4,6-8,10-11,22-23,29H,1-2,5,9,12-20H2,(H,27,30)(H,28,31)/t22-,23+/m0/s1. The van der Waals surface area contributed by atoms with Crippen LogP contribution in [0.5, 0.6) is 0 Å². The van der Waals surface area contributed by atoms with Crippen LogP contribution in [0.2, 0.25) is 0 Å². The van der Waals surface area contributed by atoms with Crippen molar-refractivity contribution in [3.05, 3.63) is 61.2 Å². The molecule has 3 N–H and O–H groups in total. The van der Waals surface area contributed by atoms with Gasteiger partial charge in [0.2, 0.25) is 11.8 Å². The fourth-order valence-electron chi connectivity index (χ4n) is 3.32. The van der Waals surface area contributed by atoms with E-state index in [2.05, 4.69) is 23.8 Å². The van der Waals surface area contributed by atoms with Gasteiger partial charge in [-0.25, -0.2) is 0 Å². The van der Waals surface area contributed by atoms with Crippen molar-refractivity contribution < 1.29 is 29.0 Å². The summed E-state index contributed by atoms with van der Waals surface area (Å²) in [5.74, 6) is -1.72. The van der Waals surface area contributed by atoms with E-state index in [1.54, 1.807) is 12.2 Å². The number of carbonyl (C=O) groups excluding carboxylic acids is 3. The summed E-state index contributed by atoms with van der Waals surface area (Å²) in [6.45, 7) is 8.31. The van der Waals surface area contributed by atoms with Gasteiger partial charge in [-0.15, -0.1) is 13.2 Å². The maximum atomic E-state index is 12.6. The number of aliphatic hydroxyl groups is 1. The number of allylic oxidation sites excluding steroid dienone is 2. The van der Waals surface area contributed by atoms with Crippen LogP contribution in [0.4, 0.5) is 0 Å². The molecule has 0 aromatic heterocycles. The molecular weight excluding hydrogens is 436 g/mol. The van der Waals surface area contributed by atoms with Crippen LogP contribution in [0, 0.1) is 11.8 Å². The number of amides is 2. The molecule has 188 valence electrons. The molecule has 2 atom stereocenters. The first-order chi connectivity index (χ1) is 16.5. The maximum Gasteiger partial charge on any atom is 0.309 e. The summed E-state index contributed by atoms with van der Waals surface area (Å²) in [6.07, 6.45) is 5.67. The molecule has 0 bridgehead atoms. The van der Waals surface area contributed by atoms with Crippen LogP contribution in [0.3, 0.4) is 0 Å². The Morgan fingerprint density at radius 3 is 2.38 bits per heavy atom. The number of ether oxygens (including phenoxy) is 2. The van der Waals surface area contributed by atoms with E-state index >= 15 is 0 Å². The molecule has 0 aliphatic carbocycles. The van der Waals surface area contributed by atoms with Gasteiger partial charge in [-0.05, 0) is 31.2 Å². The monoisotopic (exact) mass is 474 g/mol. The fourth-order valence-corrected chi connectivity index (χ4v) is 3.32. The van der Waals surface area contributed by atoms with Gasteiger partial charge >= 0.3 is 5.97 Å². The third kappa shape index (κ3) is 12.9. The molecule has 34 heavy (non-hydrogen) atoms. The van der Waals surface area contributed by atoms with E-state index in [-0.39, 0.29) is 63.1 Å². The van der Waals surface area contributed by atoms with E-state index in [1.165, 1.54) is 0 Å². The number of aliphatic hydroxyl groups excluding tert-OH is 1. The Morgan fingerprint density at radius 2 is 1.71 bits per heavy atom. The molecule has 0 spiro atoms. The SMILES string of the molecule is C=CCC[C@H](Cc1ccccc1)C(=O)OCCNC(=O)[C@@H](CC=C)CC(=O)NCCOCCO. The summed E-state index contributed by atoms with van der Waals surface area (Å²) in [6, 6.07) is 9.76. The summed E-state index contributed by atoms with van der Waals surface area (Å²) in [5.41, 5.74) is 1.06. The summed E-state index contributed by atoms with van der Waals surface area (Å²) in [4.78, 5) is 37.2. The second kappa shape index (κ2) is 18.5. The lowest BCUT2D eigenvalue weighted by molar-refractivity contribution is -0.149. The van der Waals surface area contributed by atoms with Crippen molar-refractivity contribution in [2.75, 3.05) is 39.5 Å². The van der Waals surface area contributed by atoms with Crippen LogP contribution < -0.4 is 10.6 Å². The van der Waals surface area contributed by atoms with Crippen molar-refractivity contribution >= 4 is 17.8 Å². The van der Waals surface area contributed by atoms with Gasteiger partial charge < -0.3 is 25.2 Å². The largest absolute Gasteiger partial charge is 0.464 e. The van der Waals surface area contributed by atoms with Crippen LogP contribution in [0.1, 0.15) is 31.2 Å². The van der Waals surface area contributed by atoms with Crippen molar-refractivity contribution in [2.24, 2.45) is 11.8 Å². The molecule has 0 saturated heterocycles. The number of rotatable bonds is 19. The van der Waals surface area contributed by atoms with Crippen LogP contribution in [-0.4, -0.2) is 62.4 Å². The number of hydrogen-bond acceptors (Lipinski definition) is 6. The van der Waals surface area contributed by atoms with Gasteiger partial charge in [-0.1, -0.05) is 42.5 Å². The molecule has 0 aliphatic rings. The average Bonchev–Trinajstić information content (AvgIpc) is 2.84. The third-order valence-corrected chi connectivity index (χ3v) is 5.08. The van der Waals surface area contributed by atoms with Crippen molar-refractivity contribution in [1.29, 1.82) is 0 Å². The Hall–Kier alpha value is -2.97. The fraction of sp³-hybridized carbons (Fsp3) is 0.500. The Morgan fingerprint density at radius 1 is 0.971 bits per heavy atom. The quantitative estimate of drug-likeness (QED) is 0.161. The van der Waals surface area contributed by atoms with Crippen molar-refractivity contribution in [1.82, 2.24) is 10.6 Å². The second-order valence-electron chi connectivity index (χ2n) is 7.82. The highest BCUT2D eigenvalue weighted by molar-refractivity contribution is 5.85. The molecule has 0 unspecified atom stereocenters. The molecule has 8 heteroatoms. The van der Waals surface area contributed by atoms with Crippen molar-refractivity contribution in [2.45, 2.75) is 32.1 Å². The van der Waals surface area contributed by atoms with Gasteiger partial charge in [0.15, 0.2) is 0 Å². The number of carbonyl (C=O) groups is 3. The first kappa shape index (κ1) is 29.1. The molecule has 0 heterocycles. The highest BCUT2D eigenvalue weighted by atomic mass is 16.5. The summed E-state index contributed by atoms with van der Waals surface area (Å²) >= 11 is 0. The summed E-state index contributed by atoms with van der Waals surface area (Å²) in [5, 5.41) is 14.1. The topological polar surface area (TPSA) is 114 Å². The number of benzene rings is 1. The predicted molar refractivity (Wildman–Crippen MR) is 131 cm³/mol. The molecule has 0 fully saturated rings. The zero-order valence-electron chi connectivity index (χ0n) is 19.9.